The summed E-state index contributed by atoms with van der Waals surface area (Å²) in [5.74, 6) is 1.30. The zero-order valence-corrected chi connectivity index (χ0v) is 10.9. The number of anilines is 1. The minimum absolute atomic E-state index is 0.548. The Morgan fingerprint density at radius 2 is 1.67 bits per heavy atom. The molecule has 2 rings (SSSR count). The molecule has 0 radical (unpaired) electrons. The molecule has 0 atom stereocenters. The van der Waals surface area contributed by atoms with E-state index in [1.54, 1.807) is 0 Å². The van der Waals surface area contributed by atoms with Gasteiger partial charge < -0.3 is 10.5 Å². The van der Waals surface area contributed by atoms with E-state index in [0.29, 0.717) is 18.2 Å². The topological polar surface area (TPSA) is 35.2 Å². The SMILES string of the molecule is CC(C)c1ccc(COc2ccccc2N)cc1. The van der Waals surface area contributed by atoms with Gasteiger partial charge in [0.05, 0.1) is 5.69 Å². The van der Waals surface area contributed by atoms with E-state index < -0.39 is 0 Å². The predicted molar refractivity (Wildman–Crippen MR) is 75.7 cm³/mol. The van der Waals surface area contributed by atoms with Crippen molar-refractivity contribution in [1.82, 2.24) is 0 Å². The Kier molecular flexibility index (Phi) is 3.88. The molecule has 0 amide bonds. The summed E-state index contributed by atoms with van der Waals surface area (Å²) in [6.07, 6.45) is 0. The molecule has 0 heterocycles. The predicted octanol–water partition coefficient (Wildman–Crippen LogP) is 3.97. The molecule has 0 aromatic heterocycles. The summed E-state index contributed by atoms with van der Waals surface area (Å²) < 4.78 is 5.70. The van der Waals surface area contributed by atoms with Crippen LogP contribution in [-0.2, 0) is 6.61 Å². The normalized spacial score (nSPS) is 10.6. The lowest BCUT2D eigenvalue weighted by molar-refractivity contribution is 0.308. The van der Waals surface area contributed by atoms with Gasteiger partial charge in [0.15, 0.2) is 0 Å². The van der Waals surface area contributed by atoms with E-state index in [1.165, 1.54) is 5.56 Å². The van der Waals surface area contributed by atoms with Crippen LogP contribution in [0.4, 0.5) is 5.69 Å². The van der Waals surface area contributed by atoms with Crippen molar-refractivity contribution in [2.45, 2.75) is 26.4 Å². The second-order valence-corrected chi connectivity index (χ2v) is 4.72. The fourth-order valence-corrected chi connectivity index (χ4v) is 1.77. The second kappa shape index (κ2) is 5.58. The highest BCUT2D eigenvalue weighted by Gasteiger charge is 2.01. The van der Waals surface area contributed by atoms with E-state index in [0.717, 1.165) is 11.3 Å². The maximum Gasteiger partial charge on any atom is 0.142 e. The van der Waals surface area contributed by atoms with Gasteiger partial charge in [0, 0.05) is 0 Å². The average Bonchev–Trinajstić information content (AvgIpc) is 2.38. The number of hydrogen-bond acceptors (Lipinski definition) is 2. The number of nitrogen functional groups attached to an aromatic ring is 1. The van der Waals surface area contributed by atoms with Crippen LogP contribution in [0.3, 0.4) is 0 Å². The maximum absolute atomic E-state index is 5.82. The smallest absolute Gasteiger partial charge is 0.142 e. The molecule has 2 nitrogen and oxygen atoms in total. The van der Waals surface area contributed by atoms with Crippen molar-refractivity contribution in [3.63, 3.8) is 0 Å². The lowest BCUT2D eigenvalue weighted by Crippen LogP contribution is -1.98. The fourth-order valence-electron chi connectivity index (χ4n) is 1.77. The third-order valence-corrected chi connectivity index (χ3v) is 2.96. The number of ether oxygens (including phenoxy) is 1. The minimum Gasteiger partial charge on any atom is -0.487 e. The summed E-state index contributed by atoms with van der Waals surface area (Å²) in [7, 11) is 0. The first-order valence-corrected chi connectivity index (χ1v) is 6.23. The molecule has 0 bridgehead atoms. The number of nitrogens with two attached hydrogens (primary N) is 1. The van der Waals surface area contributed by atoms with Crippen LogP contribution in [0.2, 0.25) is 0 Å². The molecule has 0 aliphatic rings. The van der Waals surface area contributed by atoms with Crippen LogP contribution in [0.25, 0.3) is 0 Å². The van der Waals surface area contributed by atoms with Crippen molar-refractivity contribution in [2.75, 3.05) is 5.73 Å². The molecule has 2 N–H and O–H groups in total. The third kappa shape index (κ3) is 3.04. The Morgan fingerprint density at radius 1 is 1.00 bits per heavy atom. The maximum atomic E-state index is 5.82. The summed E-state index contributed by atoms with van der Waals surface area (Å²) in [6, 6.07) is 16.1. The molecule has 0 unspecified atom stereocenters. The first kappa shape index (κ1) is 12.5. The fraction of sp³-hybridized carbons (Fsp3) is 0.250. The van der Waals surface area contributed by atoms with Crippen LogP contribution in [-0.4, -0.2) is 0 Å². The van der Waals surface area contributed by atoms with Crippen molar-refractivity contribution in [3.8, 4) is 5.75 Å². The molecular weight excluding hydrogens is 222 g/mol. The number of benzene rings is 2. The van der Waals surface area contributed by atoms with Crippen LogP contribution < -0.4 is 10.5 Å². The van der Waals surface area contributed by atoms with E-state index in [4.69, 9.17) is 10.5 Å². The van der Waals surface area contributed by atoms with Crippen molar-refractivity contribution >= 4 is 5.69 Å². The van der Waals surface area contributed by atoms with Crippen LogP contribution in [0, 0.1) is 0 Å². The molecule has 94 valence electrons. The zero-order valence-electron chi connectivity index (χ0n) is 10.9. The Hall–Kier alpha value is -1.96. The van der Waals surface area contributed by atoms with Gasteiger partial charge in [-0.15, -0.1) is 0 Å². The zero-order chi connectivity index (χ0) is 13.0. The summed E-state index contributed by atoms with van der Waals surface area (Å²) >= 11 is 0. The molecular formula is C16H19NO. The van der Waals surface area contributed by atoms with Crippen LogP contribution in [0.15, 0.2) is 48.5 Å². The lowest BCUT2D eigenvalue weighted by atomic mass is 10.0. The Labute approximate surface area is 108 Å². The highest BCUT2D eigenvalue weighted by molar-refractivity contribution is 5.51. The standard InChI is InChI=1S/C16H19NO/c1-12(2)14-9-7-13(8-10-14)11-18-16-6-4-3-5-15(16)17/h3-10,12H,11,17H2,1-2H3. The van der Waals surface area contributed by atoms with Gasteiger partial charge in [0.25, 0.3) is 0 Å². The summed E-state index contributed by atoms with van der Waals surface area (Å²) in [4.78, 5) is 0. The summed E-state index contributed by atoms with van der Waals surface area (Å²) in [6.45, 7) is 4.93. The molecule has 0 aliphatic heterocycles. The van der Waals surface area contributed by atoms with Crippen LogP contribution in [0.1, 0.15) is 30.9 Å². The minimum atomic E-state index is 0.548. The van der Waals surface area contributed by atoms with Gasteiger partial charge >= 0.3 is 0 Å². The molecule has 0 spiro atoms. The third-order valence-electron chi connectivity index (χ3n) is 2.96. The molecule has 18 heavy (non-hydrogen) atoms. The van der Waals surface area contributed by atoms with Gasteiger partial charge in [-0.05, 0) is 29.2 Å². The molecule has 0 saturated carbocycles. The van der Waals surface area contributed by atoms with Crippen molar-refractivity contribution in [2.24, 2.45) is 0 Å². The highest BCUT2D eigenvalue weighted by Crippen LogP contribution is 2.21. The average molecular weight is 241 g/mol. The Morgan fingerprint density at radius 3 is 2.28 bits per heavy atom. The van der Waals surface area contributed by atoms with Gasteiger partial charge in [-0.2, -0.15) is 0 Å². The first-order chi connectivity index (χ1) is 8.66. The lowest BCUT2D eigenvalue weighted by Gasteiger charge is -2.10. The van der Waals surface area contributed by atoms with Gasteiger partial charge in [-0.1, -0.05) is 50.2 Å². The van der Waals surface area contributed by atoms with Gasteiger partial charge in [0.1, 0.15) is 12.4 Å². The number of rotatable bonds is 4. The number of hydrogen-bond donors (Lipinski definition) is 1. The van der Waals surface area contributed by atoms with Crippen LogP contribution >= 0.6 is 0 Å². The van der Waals surface area contributed by atoms with E-state index in [1.807, 2.05) is 24.3 Å². The largest absolute Gasteiger partial charge is 0.487 e. The first-order valence-electron chi connectivity index (χ1n) is 6.23. The van der Waals surface area contributed by atoms with Crippen molar-refractivity contribution < 1.29 is 4.74 Å². The summed E-state index contributed by atoms with van der Waals surface area (Å²) in [5.41, 5.74) is 9.00. The molecule has 0 aliphatic carbocycles. The molecule has 0 fully saturated rings. The molecule has 2 aromatic carbocycles. The van der Waals surface area contributed by atoms with Gasteiger partial charge in [-0.25, -0.2) is 0 Å². The molecule has 2 heteroatoms. The number of para-hydroxylation sites is 2. The van der Waals surface area contributed by atoms with E-state index >= 15 is 0 Å². The summed E-state index contributed by atoms with van der Waals surface area (Å²) in [5, 5.41) is 0. The van der Waals surface area contributed by atoms with Crippen molar-refractivity contribution in [3.05, 3.63) is 59.7 Å². The second-order valence-electron chi connectivity index (χ2n) is 4.72. The van der Waals surface area contributed by atoms with Crippen molar-refractivity contribution in [1.29, 1.82) is 0 Å². The monoisotopic (exact) mass is 241 g/mol. The van der Waals surface area contributed by atoms with E-state index in [2.05, 4.69) is 38.1 Å². The Bertz CT molecular complexity index is 503. The van der Waals surface area contributed by atoms with Crippen LogP contribution in [0.5, 0.6) is 5.75 Å². The molecule has 2 aromatic rings. The van der Waals surface area contributed by atoms with E-state index in [-0.39, 0.29) is 0 Å². The van der Waals surface area contributed by atoms with Gasteiger partial charge in [-0.3, -0.25) is 0 Å². The molecule has 0 saturated heterocycles. The van der Waals surface area contributed by atoms with E-state index in [9.17, 15) is 0 Å². The highest BCUT2D eigenvalue weighted by atomic mass is 16.5. The quantitative estimate of drug-likeness (QED) is 0.822. The van der Waals surface area contributed by atoms with Gasteiger partial charge in [0.2, 0.25) is 0 Å². The Balaban J connectivity index is 2.00.